The van der Waals surface area contributed by atoms with Crippen molar-refractivity contribution >= 4 is 17.4 Å². The van der Waals surface area contributed by atoms with Crippen LogP contribution in [0, 0.1) is 39.4 Å². The first-order chi connectivity index (χ1) is 18.0. The van der Waals surface area contributed by atoms with Crippen LogP contribution in [0.25, 0.3) is 11.3 Å². The summed E-state index contributed by atoms with van der Waals surface area (Å²) >= 11 is 6.57. The molecule has 7 nitrogen and oxygen atoms in total. The van der Waals surface area contributed by atoms with Gasteiger partial charge in [0.25, 0.3) is 0 Å². The fourth-order valence-corrected chi connectivity index (χ4v) is 5.71. The van der Waals surface area contributed by atoms with Crippen molar-refractivity contribution in [1.82, 2.24) is 15.3 Å². The Balaban J connectivity index is 1.18. The number of hydrogen-bond acceptors (Lipinski definition) is 7. The van der Waals surface area contributed by atoms with E-state index in [0.29, 0.717) is 36.7 Å². The number of rotatable bonds is 9. The molecule has 2 N–H and O–H groups in total. The van der Waals surface area contributed by atoms with E-state index < -0.39 is 5.41 Å². The Labute approximate surface area is 224 Å². The highest BCUT2D eigenvalue weighted by Gasteiger charge is 2.43. The van der Waals surface area contributed by atoms with Crippen LogP contribution in [0.4, 0.5) is 5.82 Å². The predicted molar refractivity (Wildman–Crippen MR) is 144 cm³/mol. The molecular formula is C29H35ClN6O. The fourth-order valence-electron chi connectivity index (χ4n) is 5.51. The van der Waals surface area contributed by atoms with Crippen LogP contribution in [0.5, 0.6) is 0 Å². The molecule has 8 heteroatoms. The molecule has 0 aromatic carbocycles. The van der Waals surface area contributed by atoms with Gasteiger partial charge in [0.1, 0.15) is 5.82 Å². The fraction of sp³-hybridized carbons (Fsp3) is 0.586. The summed E-state index contributed by atoms with van der Waals surface area (Å²) in [6, 6.07) is 13.4. The zero-order valence-corrected chi connectivity index (χ0v) is 22.1. The lowest BCUT2D eigenvalue weighted by Crippen LogP contribution is -2.37. The minimum Gasteiger partial charge on any atom is -0.381 e. The van der Waals surface area contributed by atoms with Crippen molar-refractivity contribution in [2.24, 2.45) is 16.7 Å². The number of nitrogens with zero attached hydrogens (tertiary/aromatic N) is 4. The lowest BCUT2D eigenvalue weighted by Gasteiger charge is -2.30. The molecule has 1 saturated heterocycles. The van der Waals surface area contributed by atoms with Gasteiger partial charge in [-0.05, 0) is 81.9 Å². The number of hydrogen-bond donors (Lipinski definition) is 2. The van der Waals surface area contributed by atoms with Crippen molar-refractivity contribution < 1.29 is 4.74 Å². The van der Waals surface area contributed by atoms with Gasteiger partial charge in [-0.3, -0.25) is 4.98 Å². The molecule has 3 heterocycles. The normalized spacial score (nSPS) is 24.0. The zero-order chi connectivity index (χ0) is 25.7. The topological polar surface area (TPSA) is 107 Å². The molecule has 0 bridgehead atoms. The Morgan fingerprint density at radius 3 is 2.43 bits per heavy atom. The molecule has 5 rings (SSSR count). The smallest absolute Gasteiger partial charge is 0.126 e. The predicted octanol–water partition coefficient (Wildman–Crippen LogP) is 5.52. The average molecular weight is 519 g/mol. The number of nitrogens with one attached hydrogen (secondary N) is 2. The highest BCUT2D eigenvalue weighted by atomic mass is 35.5. The standard InChI is InChI=1S/C29H35ClN6O/c30-25-16-33-23(14-21-4-6-22(7-5-21)34-19-28(17-31)8-9-28)15-24(25)26-2-1-3-27(36-26)35-20-29(18-32)10-12-37-13-11-29/h1-3,15-16,21-22,34H,4-14,19-20H2,(H,35,36). The van der Waals surface area contributed by atoms with Crippen molar-refractivity contribution in [1.29, 1.82) is 10.5 Å². The second kappa shape index (κ2) is 11.4. The van der Waals surface area contributed by atoms with Crippen molar-refractivity contribution in [2.75, 3.05) is 31.6 Å². The summed E-state index contributed by atoms with van der Waals surface area (Å²) in [5, 5.41) is 26.6. The molecular weight excluding hydrogens is 484 g/mol. The first-order valence-electron chi connectivity index (χ1n) is 13.5. The van der Waals surface area contributed by atoms with E-state index in [4.69, 9.17) is 21.3 Å². The second-order valence-electron chi connectivity index (χ2n) is 11.1. The maximum absolute atomic E-state index is 9.73. The molecule has 0 unspecified atom stereocenters. The number of pyridine rings is 2. The summed E-state index contributed by atoms with van der Waals surface area (Å²) in [6.45, 7) is 2.64. The number of nitriles is 2. The highest BCUT2D eigenvalue weighted by molar-refractivity contribution is 6.33. The van der Waals surface area contributed by atoms with E-state index in [1.807, 2.05) is 18.2 Å². The molecule has 2 aliphatic carbocycles. The molecule has 37 heavy (non-hydrogen) atoms. The zero-order valence-electron chi connectivity index (χ0n) is 21.3. The van der Waals surface area contributed by atoms with E-state index in [9.17, 15) is 10.5 Å². The van der Waals surface area contributed by atoms with Crippen molar-refractivity contribution in [2.45, 2.75) is 63.8 Å². The van der Waals surface area contributed by atoms with E-state index in [0.717, 1.165) is 74.3 Å². The van der Waals surface area contributed by atoms with Crippen LogP contribution < -0.4 is 10.6 Å². The Hall–Kier alpha value is -2.71. The minimum atomic E-state index is -0.416. The van der Waals surface area contributed by atoms with Crippen LogP contribution in [0.1, 0.15) is 57.1 Å². The van der Waals surface area contributed by atoms with E-state index in [1.54, 1.807) is 6.20 Å². The largest absolute Gasteiger partial charge is 0.381 e. The number of aromatic nitrogens is 2. The van der Waals surface area contributed by atoms with Gasteiger partial charge in [-0.15, -0.1) is 0 Å². The summed E-state index contributed by atoms with van der Waals surface area (Å²) in [5.74, 6) is 1.34. The molecule has 0 radical (unpaired) electrons. The first kappa shape index (κ1) is 25.9. The summed E-state index contributed by atoms with van der Waals surface area (Å²) in [6.07, 6.45) is 10.9. The van der Waals surface area contributed by atoms with E-state index >= 15 is 0 Å². The van der Waals surface area contributed by atoms with E-state index in [-0.39, 0.29) is 5.41 Å². The SMILES string of the molecule is N#CC1(CNc2cccc(-c3cc(CC4CCC(NCC5(C#N)CC5)CC4)ncc3Cl)n2)CCOCC1. The maximum Gasteiger partial charge on any atom is 0.126 e. The van der Waals surface area contributed by atoms with Crippen molar-refractivity contribution in [3.05, 3.63) is 41.2 Å². The monoisotopic (exact) mass is 518 g/mol. The molecule has 0 amide bonds. The van der Waals surface area contributed by atoms with Gasteiger partial charge in [-0.25, -0.2) is 4.98 Å². The van der Waals surface area contributed by atoms with Gasteiger partial charge in [-0.1, -0.05) is 17.7 Å². The third kappa shape index (κ3) is 6.41. The van der Waals surface area contributed by atoms with E-state index in [2.05, 4.69) is 33.8 Å². The molecule has 1 aliphatic heterocycles. The first-order valence-corrected chi connectivity index (χ1v) is 13.9. The van der Waals surface area contributed by atoms with Crippen LogP contribution >= 0.6 is 11.6 Å². The molecule has 2 saturated carbocycles. The molecule has 0 atom stereocenters. The Morgan fingerprint density at radius 1 is 1.00 bits per heavy atom. The maximum atomic E-state index is 9.73. The van der Waals surface area contributed by atoms with Crippen molar-refractivity contribution in [3.63, 3.8) is 0 Å². The van der Waals surface area contributed by atoms with Crippen molar-refractivity contribution in [3.8, 4) is 23.4 Å². The molecule has 2 aromatic heterocycles. The average Bonchev–Trinajstić information content (AvgIpc) is 3.74. The Kier molecular flexibility index (Phi) is 7.95. The van der Waals surface area contributed by atoms with Crippen LogP contribution in [0.15, 0.2) is 30.5 Å². The van der Waals surface area contributed by atoms with Gasteiger partial charge in [0.05, 0.1) is 33.7 Å². The lowest BCUT2D eigenvalue weighted by molar-refractivity contribution is 0.0455. The number of ether oxygens (including phenoxy) is 1. The summed E-state index contributed by atoms with van der Waals surface area (Å²) in [5.41, 5.74) is 2.24. The molecule has 2 aromatic rings. The summed E-state index contributed by atoms with van der Waals surface area (Å²) in [4.78, 5) is 9.44. The number of anilines is 1. The Bertz CT molecular complexity index is 1170. The highest BCUT2D eigenvalue weighted by Crippen LogP contribution is 2.44. The third-order valence-corrected chi connectivity index (χ3v) is 8.70. The van der Waals surface area contributed by atoms with Gasteiger partial charge in [0.2, 0.25) is 0 Å². The molecule has 3 aliphatic rings. The molecule has 0 spiro atoms. The van der Waals surface area contributed by atoms with Gasteiger partial charge >= 0.3 is 0 Å². The minimum absolute atomic E-state index is 0.0801. The molecule has 194 valence electrons. The van der Waals surface area contributed by atoms with Gasteiger partial charge in [0.15, 0.2) is 0 Å². The number of halogens is 1. The van der Waals surface area contributed by atoms with Gasteiger partial charge < -0.3 is 15.4 Å². The van der Waals surface area contributed by atoms with Crippen LogP contribution in [-0.2, 0) is 11.2 Å². The summed E-state index contributed by atoms with van der Waals surface area (Å²) in [7, 11) is 0. The second-order valence-corrected chi connectivity index (χ2v) is 11.5. The summed E-state index contributed by atoms with van der Waals surface area (Å²) < 4.78 is 5.44. The lowest BCUT2D eigenvalue weighted by atomic mass is 9.82. The van der Waals surface area contributed by atoms with E-state index in [1.165, 1.54) is 12.8 Å². The molecule has 3 fully saturated rings. The van der Waals surface area contributed by atoms with Crippen LogP contribution in [0.2, 0.25) is 5.02 Å². The van der Waals surface area contributed by atoms with Crippen LogP contribution in [0.3, 0.4) is 0 Å². The van der Waals surface area contributed by atoms with Gasteiger partial charge in [-0.2, -0.15) is 10.5 Å². The van der Waals surface area contributed by atoms with Gasteiger partial charge in [0, 0.05) is 49.8 Å². The third-order valence-electron chi connectivity index (χ3n) is 8.40. The Morgan fingerprint density at radius 2 is 1.73 bits per heavy atom. The quantitative estimate of drug-likeness (QED) is 0.449. The van der Waals surface area contributed by atoms with Crippen LogP contribution in [-0.4, -0.2) is 42.3 Å².